The van der Waals surface area contributed by atoms with Crippen LogP contribution in [-0.4, -0.2) is 14.8 Å². The monoisotopic (exact) mass is 268 g/mol. The van der Waals surface area contributed by atoms with Gasteiger partial charge in [-0.25, -0.2) is 0 Å². The van der Waals surface area contributed by atoms with Crippen molar-refractivity contribution in [1.29, 1.82) is 5.26 Å². The van der Waals surface area contributed by atoms with Gasteiger partial charge in [-0.15, -0.1) is 0 Å². The second-order valence-corrected chi connectivity index (χ2v) is 5.35. The fourth-order valence-electron chi connectivity index (χ4n) is 2.09. The molecule has 0 aliphatic rings. The van der Waals surface area contributed by atoms with E-state index in [2.05, 4.69) is 28.3 Å². The summed E-state index contributed by atoms with van der Waals surface area (Å²) in [6, 6.07) is 12.4. The fraction of sp³-hybridized carbons (Fsp3) is 0.143. The van der Waals surface area contributed by atoms with Gasteiger partial charge in [0.25, 0.3) is 0 Å². The third-order valence-corrected chi connectivity index (χ3v) is 4.09. The van der Waals surface area contributed by atoms with Gasteiger partial charge in [-0.05, 0) is 19.1 Å². The molecule has 0 radical (unpaired) electrons. The summed E-state index contributed by atoms with van der Waals surface area (Å²) in [7, 11) is 1.86. The highest BCUT2D eigenvalue weighted by atomic mass is 32.2. The van der Waals surface area contributed by atoms with Gasteiger partial charge in [-0.3, -0.25) is 4.68 Å². The van der Waals surface area contributed by atoms with Crippen molar-refractivity contribution in [3.63, 3.8) is 0 Å². The standard InChI is InChI=1S/C14H12N4S/c1-9-11(8-15)14(18(2)17-9)19-13-7-10-5-3-4-6-12(10)16-13/h3-7,16H,1-2H3. The van der Waals surface area contributed by atoms with Crippen molar-refractivity contribution in [1.82, 2.24) is 14.8 Å². The van der Waals surface area contributed by atoms with Crippen molar-refractivity contribution in [2.24, 2.45) is 7.05 Å². The van der Waals surface area contributed by atoms with E-state index in [1.807, 2.05) is 32.2 Å². The highest BCUT2D eigenvalue weighted by Gasteiger charge is 2.15. The minimum atomic E-state index is 0.645. The van der Waals surface area contributed by atoms with Crippen LogP contribution in [0, 0.1) is 18.3 Å². The number of benzene rings is 1. The van der Waals surface area contributed by atoms with Gasteiger partial charge in [0.15, 0.2) is 0 Å². The van der Waals surface area contributed by atoms with E-state index in [4.69, 9.17) is 0 Å². The van der Waals surface area contributed by atoms with Crippen LogP contribution in [0.2, 0.25) is 0 Å². The van der Waals surface area contributed by atoms with Crippen molar-refractivity contribution in [2.45, 2.75) is 17.0 Å². The van der Waals surface area contributed by atoms with E-state index in [1.165, 1.54) is 17.1 Å². The van der Waals surface area contributed by atoms with Gasteiger partial charge in [0.2, 0.25) is 0 Å². The molecule has 94 valence electrons. The number of rotatable bonds is 2. The second kappa shape index (κ2) is 4.48. The van der Waals surface area contributed by atoms with E-state index in [0.29, 0.717) is 5.56 Å². The molecule has 3 rings (SSSR count). The molecule has 4 nitrogen and oxygen atoms in total. The topological polar surface area (TPSA) is 57.4 Å². The zero-order valence-corrected chi connectivity index (χ0v) is 11.5. The number of hydrogen-bond acceptors (Lipinski definition) is 3. The summed E-state index contributed by atoms with van der Waals surface area (Å²) in [6.07, 6.45) is 0. The molecule has 1 N–H and O–H groups in total. The van der Waals surface area contributed by atoms with Gasteiger partial charge in [0, 0.05) is 18.0 Å². The average Bonchev–Trinajstić information content (AvgIpc) is 2.91. The number of para-hydroxylation sites is 1. The Bertz CT molecular complexity index is 758. The third-order valence-electron chi connectivity index (χ3n) is 2.99. The van der Waals surface area contributed by atoms with E-state index in [9.17, 15) is 5.26 Å². The Balaban J connectivity index is 2.04. The number of nitriles is 1. The van der Waals surface area contributed by atoms with Crippen LogP contribution < -0.4 is 0 Å². The van der Waals surface area contributed by atoms with E-state index < -0.39 is 0 Å². The summed E-state index contributed by atoms with van der Waals surface area (Å²) in [4.78, 5) is 3.34. The molecular weight excluding hydrogens is 256 g/mol. The van der Waals surface area contributed by atoms with Crippen LogP contribution in [0.1, 0.15) is 11.3 Å². The minimum absolute atomic E-state index is 0.645. The van der Waals surface area contributed by atoms with Crippen molar-refractivity contribution in [2.75, 3.05) is 0 Å². The molecule has 0 amide bonds. The van der Waals surface area contributed by atoms with Crippen LogP contribution in [0.5, 0.6) is 0 Å². The smallest absolute Gasteiger partial charge is 0.118 e. The fourth-order valence-corrected chi connectivity index (χ4v) is 3.11. The molecular formula is C14H12N4S. The van der Waals surface area contributed by atoms with Gasteiger partial charge >= 0.3 is 0 Å². The van der Waals surface area contributed by atoms with Crippen LogP contribution >= 0.6 is 11.8 Å². The number of fused-ring (bicyclic) bond motifs is 1. The Hall–Kier alpha value is -2.19. The Morgan fingerprint density at radius 1 is 1.37 bits per heavy atom. The lowest BCUT2D eigenvalue weighted by Gasteiger charge is -1.99. The van der Waals surface area contributed by atoms with E-state index in [1.54, 1.807) is 4.68 Å². The Morgan fingerprint density at radius 2 is 2.16 bits per heavy atom. The summed E-state index contributed by atoms with van der Waals surface area (Å²) in [5, 5.41) is 16.5. The largest absolute Gasteiger partial charge is 0.349 e. The van der Waals surface area contributed by atoms with Crippen molar-refractivity contribution in [3.05, 3.63) is 41.6 Å². The minimum Gasteiger partial charge on any atom is -0.349 e. The molecule has 0 bridgehead atoms. The molecule has 0 spiro atoms. The molecule has 2 heterocycles. The summed E-state index contributed by atoms with van der Waals surface area (Å²) in [5.41, 5.74) is 2.51. The summed E-state index contributed by atoms with van der Waals surface area (Å²) < 4.78 is 1.75. The highest BCUT2D eigenvalue weighted by molar-refractivity contribution is 7.99. The molecule has 1 aromatic carbocycles. The normalized spacial score (nSPS) is 10.8. The van der Waals surface area contributed by atoms with Crippen molar-refractivity contribution < 1.29 is 0 Å². The maximum Gasteiger partial charge on any atom is 0.118 e. The zero-order chi connectivity index (χ0) is 13.4. The first-order valence-electron chi connectivity index (χ1n) is 5.88. The van der Waals surface area contributed by atoms with Crippen molar-refractivity contribution >= 4 is 22.7 Å². The van der Waals surface area contributed by atoms with E-state index in [-0.39, 0.29) is 0 Å². The molecule has 0 saturated heterocycles. The molecule has 0 saturated carbocycles. The van der Waals surface area contributed by atoms with Gasteiger partial charge in [-0.1, -0.05) is 30.0 Å². The molecule has 0 unspecified atom stereocenters. The second-order valence-electron chi connectivity index (χ2n) is 4.32. The first-order chi connectivity index (χ1) is 9.19. The van der Waals surface area contributed by atoms with Crippen LogP contribution in [0.4, 0.5) is 0 Å². The molecule has 0 aliphatic heterocycles. The predicted octanol–water partition coefficient (Wildman–Crippen LogP) is 3.23. The molecule has 0 fully saturated rings. The number of aryl methyl sites for hydroxylation is 2. The van der Waals surface area contributed by atoms with Gasteiger partial charge < -0.3 is 4.98 Å². The maximum atomic E-state index is 9.20. The number of hydrogen-bond donors (Lipinski definition) is 1. The summed E-state index contributed by atoms with van der Waals surface area (Å²) >= 11 is 1.53. The Kier molecular flexibility index (Phi) is 2.80. The van der Waals surface area contributed by atoms with E-state index in [0.717, 1.165) is 21.3 Å². The number of aromatic nitrogens is 3. The number of aromatic amines is 1. The summed E-state index contributed by atoms with van der Waals surface area (Å²) in [5.74, 6) is 0. The molecule has 0 atom stereocenters. The lowest BCUT2D eigenvalue weighted by atomic mass is 10.3. The highest BCUT2D eigenvalue weighted by Crippen LogP contribution is 2.32. The molecule has 19 heavy (non-hydrogen) atoms. The van der Waals surface area contributed by atoms with Crippen LogP contribution in [-0.2, 0) is 7.05 Å². The molecule has 3 aromatic rings. The van der Waals surface area contributed by atoms with Gasteiger partial charge in [-0.2, -0.15) is 10.4 Å². The lowest BCUT2D eigenvalue weighted by molar-refractivity contribution is 0.691. The summed E-state index contributed by atoms with van der Waals surface area (Å²) in [6.45, 7) is 1.85. The Morgan fingerprint density at radius 3 is 2.89 bits per heavy atom. The lowest BCUT2D eigenvalue weighted by Crippen LogP contribution is -1.92. The number of nitrogens with zero attached hydrogens (tertiary/aromatic N) is 3. The van der Waals surface area contributed by atoms with Crippen LogP contribution in [0.15, 0.2) is 40.4 Å². The molecule has 2 aromatic heterocycles. The molecule has 0 aliphatic carbocycles. The number of H-pyrrole nitrogens is 1. The van der Waals surface area contributed by atoms with Crippen LogP contribution in [0.3, 0.4) is 0 Å². The average molecular weight is 268 g/mol. The predicted molar refractivity (Wildman–Crippen MR) is 75.1 cm³/mol. The Labute approximate surface area is 115 Å². The van der Waals surface area contributed by atoms with Gasteiger partial charge in [0.05, 0.1) is 10.7 Å². The van der Waals surface area contributed by atoms with E-state index >= 15 is 0 Å². The first kappa shape index (κ1) is 11.9. The van der Waals surface area contributed by atoms with Gasteiger partial charge in [0.1, 0.15) is 16.7 Å². The quantitative estimate of drug-likeness (QED) is 0.776. The maximum absolute atomic E-state index is 9.20. The SMILES string of the molecule is Cc1nn(C)c(Sc2cc3ccccc3[nH]2)c1C#N. The first-order valence-corrected chi connectivity index (χ1v) is 6.70. The molecule has 5 heteroatoms. The number of nitrogens with one attached hydrogen (secondary N) is 1. The third kappa shape index (κ3) is 2.00. The zero-order valence-electron chi connectivity index (χ0n) is 10.6. The van der Waals surface area contributed by atoms with Crippen LogP contribution in [0.25, 0.3) is 10.9 Å². The van der Waals surface area contributed by atoms with Crippen molar-refractivity contribution in [3.8, 4) is 6.07 Å².